The van der Waals surface area contributed by atoms with Crippen LogP contribution in [0.25, 0.3) is 10.8 Å². The quantitative estimate of drug-likeness (QED) is 0.434. The van der Waals surface area contributed by atoms with Crippen LogP contribution in [0.2, 0.25) is 0 Å². The van der Waals surface area contributed by atoms with Crippen molar-refractivity contribution >= 4 is 28.6 Å². The summed E-state index contributed by atoms with van der Waals surface area (Å²) in [6.07, 6.45) is 1.29. The number of phenols is 1. The fourth-order valence-electron chi connectivity index (χ4n) is 2.42. The monoisotopic (exact) mass is 335 g/mol. The van der Waals surface area contributed by atoms with Crippen LogP contribution in [0.4, 0.5) is 5.69 Å². The van der Waals surface area contributed by atoms with Gasteiger partial charge in [-0.3, -0.25) is 14.9 Å². The van der Waals surface area contributed by atoms with Crippen molar-refractivity contribution in [1.29, 1.82) is 0 Å². The molecule has 0 unspecified atom stereocenters. The van der Waals surface area contributed by atoms with Crippen LogP contribution in [-0.2, 0) is 0 Å². The first-order valence-electron chi connectivity index (χ1n) is 7.35. The van der Waals surface area contributed by atoms with E-state index < -0.39 is 10.8 Å². The molecule has 3 aromatic rings. The van der Waals surface area contributed by atoms with Gasteiger partial charge in [-0.25, -0.2) is 5.43 Å². The van der Waals surface area contributed by atoms with Crippen molar-refractivity contribution < 1.29 is 14.8 Å². The predicted octanol–water partition coefficient (Wildman–Crippen LogP) is 3.22. The van der Waals surface area contributed by atoms with E-state index in [0.29, 0.717) is 10.9 Å². The van der Waals surface area contributed by atoms with Crippen LogP contribution < -0.4 is 5.43 Å². The Kier molecular flexibility index (Phi) is 4.38. The molecule has 7 nitrogen and oxygen atoms in total. The topological polar surface area (TPSA) is 105 Å². The molecule has 0 saturated heterocycles. The molecule has 3 rings (SSSR count). The van der Waals surface area contributed by atoms with Crippen molar-refractivity contribution in [2.75, 3.05) is 0 Å². The maximum atomic E-state index is 12.1. The molecule has 0 heterocycles. The number of carbonyl (C=O) groups is 1. The minimum Gasteiger partial charge on any atom is -0.507 e. The molecule has 2 N–H and O–H groups in total. The minimum atomic E-state index is -0.705. The van der Waals surface area contributed by atoms with Crippen molar-refractivity contribution in [3.05, 3.63) is 81.9 Å². The molecule has 0 radical (unpaired) electrons. The molecule has 0 bridgehead atoms. The molecule has 0 aromatic heterocycles. The third-order valence-corrected chi connectivity index (χ3v) is 3.65. The highest BCUT2D eigenvalue weighted by molar-refractivity contribution is 6.00. The third kappa shape index (κ3) is 3.30. The highest BCUT2D eigenvalue weighted by Gasteiger charge is 2.18. The molecule has 1 amide bonds. The van der Waals surface area contributed by atoms with Crippen LogP contribution in [0.15, 0.2) is 65.8 Å². The molecule has 0 aliphatic carbocycles. The Balaban J connectivity index is 1.81. The van der Waals surface area contributed by atoms with E-state index in [2.05, 4.69) is 10.5 Å². The number of aromatic hydroxyl groups is 1. The Morgan fingerprint density at radius 2 is 1.80 bits per heavy atom. The molecule has 25 heavy (non-hydrogen) atoms. The number of hydrogen-bond donors (Lipinski definition) is 2. The Morgan fingerprint density at radius 1 is 1.08 bits per heavy atom. The van der Waals surface area contributed by atoms with Gasteiger partial charge in [-0.05, 0) is 17.5 Å². The van der Waals surface area contributed by atoms with Crippen LogP contribution in [0.3, 0.4) is 0 Å². The number of nitrogens with one attached hydrogen (secondary N) is 1. The molecule has 7 heteroatoms. The van der Waals surface area contributed by atoms with Gasteiger partial charge in [0.2, 0.25) is 0 Å². The van der Waals surface area contributed by atoms with Gasteiger partial charge in [0, 0.05) is 17.0 Å². The zero-order valence-electron chi connectivity index (χ0n) is 12.9. The first-order valence-corrected chi connectivity index (χ1v) is 7.35. The van der Waals surface area contributed by atoms with E-state index in [1.807, 2.05) is 18.2 Å². The summed E-state index contributed by atoms with van der Waals surface area (Å²) in [5, 5.41) is 26.5. The normalized spacial score (nSPS) is 10.9. The highest BCUT2D eigenvalue weighted by atomic mass is 16.6. The van der Waals surface area contributed by atoms with Gasteiger partial charge in [-0.2, -0.15) is 5.10 Å². The third-order valence-electron chi connectivity index (χ3n) is 3.65. The summed E-state index contributed by atoms with van der Waals surface area (Å²) < 4.78 is 0. The van der Waals surface area contributed by atoms with Crippen molar-refractivity contribution in [1.82, 2.24) is 5.43 Å². The number of hydrogen-bond acceptors (Lipinski definition) is 5. The van der Waals surface area contributed by atoms with E-state index in [1.165, 1.54) is 30.5 Å². The fraction of sp³-hybridized carbons (Fsp3) is 0. The summed E-state index contributed by atoms with van der Waals surface area (Å²) in [6, 6.07) is 16.4. The first kappa shape index (κ1) is 16.1. The SMILES string of the molecule is O=C(NN=Cc1ccc2ccccc2c1O)c1ccccc1[N+](=O)[O-]. The molecular weight excluding hydrogens is 322 g/mol. The number of hydrazone groups is 1. The summed E-state index contributed by atoms with van der Waals surface area (Å²) in [4.78, 5) is 22.4. The first-order chi connectivity index (χ1) is 12.1. The maximum Gasteiger partial charge on any atom is 0.282 e. The number of amides is 1. The van der Waals surface area contributed by atoms with Gasteiger partial charge in [0.15, 0.2) is 0 Å². The minimum absolute atomic E-state index is 0.0433. The number of fused-ring (bicyclic) bond motifs is 1. The van der Waals surface area contributed by atoms with E-state index in [0.717, 1.165) is 5.39 Å². The summed E-state index contributed by atoms with van der Waals surface area (Å²) in [7, 11) is 0. The zero-order valence-corrected chi connectivity index (χ0v) is 12.9. The van der Waals surface area contributed by atoms with E-state index in [-0.39, 0.29) is 17.0 Å². The number of nitro groups is 1. The number of benzene rings is 3. The smallest absolute Gasteiger partial charge is 0.282 e. The summed E-state index contributed by atoms with van der Waals surface area (Å²) in [6.45, 7) is 0. The largest absolute Gasteiger partial charge is 0.507 e. The lowest BCUT2D eigenvalue weighted by Gasteiger charge is -2.04. The second kappa shape index (κ2) is 6.79. The molecule has 0 aliphatic heterocycles. The van der Waals surface area contributed by atoms with Crippen molar-refractivity contribution in [2.24, 2.45) is 5.10 Å². The number of nitro benzene ring substituents is 1. The average molecular weight is 335 g/mol. The number of para-hydroxylation sites is 1. The number of nitrogens with zero attached hydrogens (tertiary/aromatic N) is 2. The van der Waals surface area contributed by atoms with Gasteiger partial charge >= 0.3 is 0 Å². The molecule has 0 fully saturated rings. The number of carbonyl (C=O) groups excluding carboxylic acids is 1. The number of phenolic OH excluding ortho intramolecular Hbond substituents is 1. The lowest BCUT2D eigenvalue weighted by molar-refractivity contribution is -0.385. The molecule has 124 valence electrons. The van der Waals surface area contributed by atoms with E-state index in [1.54, 1.807) is 18.2 Å². The van der Waals surface area contributed by atoms with Gasteiger partial charge in [-0.15, -0.1) is 0 Å². The van der Waals surface area contributed by atoms with E-state index >= 15 is 0 Å². The van der Waals surface area contributed by atoms with Crippen molar-refractivity contribution in [3.8, 4) is 5.75 Å². The van der Waals surface area contributed by atoms with Crippen LogP contribution >= 0.6 is 0 Å². The Hall–Kier alpha value is -3.74. The summed E-state index contributed by atoms with van der Waals surface area (Å²) >= 11 is 0. The predicted molar refractivity (Wildman–Crippen MR) is 93.8 cm³/mol. The Bertz CT molecular complexity index is 999. The van der Waals surface area contributed by atoms with Gasteiger partial charge in [0.25, 0.3) is 11.6 Å². The standard InChI is InChI=1S/C18H13N3O4/c22-17-13(10-9-12-5-1-2-6-14(12)17)11-19-20-18(23)15-7-3-4-8-16(15)21(24)25/h1-11,22H,(H,20,23). The fourth-order valence-corrected chi connectivity index (χ4v) is 2.42. The van der Waals surface area contributed by atoms with Crippen molar-refractivity contribution in [3.63, 3.8) is 0 Å². The lowest BCUT2D eigenvalue weighted by Crippen LogP contribution is -2.18. The average Bonchev–Trinajstić information content (AvgIpc) is 2.63. The van der Waals surface area contributed by atoms with Gasteiger partial charge in [0.1, 0.15) is 11.3 Å². The Morgan fingerprint density at radius 3 is 2.60 bits per heavy atom. The van der Waals surface area contributed by atoms with Crippen LogP contribution in [-0.4, -0.2) is 22.2 Å². The van der Waals surface area contributed by atoms with Crippen molar-refractivity contribution in [2.45, 2.75) is 0 Å². The van der Waals surface area contributed by atoms with Gasteiger partial charge in [-0.1, -0.05) is 42.5 Å². The van der Waals surface area contributed by atoms with E-state index in [4.69, 9.17) is 0 Å². The summed E-state index contributed by atoms with van der Waals surface area (Å²) in [5.41, 5.74) is 2.26. The molecule has 0 aliphatic rings. The second-order valence-electron chi connectivity index (χ2n) is 5.20. The lowest BCUT2D eigenvalue weighted by atomic mass is 10.1. The highest BCUT2D eigenvalue weighted by Crippen LogP contribution is 2.27. The van der Waals surface area contributed by atoms with Crippen LogP contribution in [0.5, 0.6) is 5.75 Å². The molecule has 0 saturated carbocycles. The summed E-state index contributed by atoms with van der Waals surface area (Å²) in [5.74, 6) is -0.661. The number of rotatable bonds is 4. The molecule has 0 spiro atoms. The zero-order chi connectivity index (χ0) is 17.8. The van der Waals surface area contributed by atoms with Crippen LogP contribution in [0.1, 0.15) is 15.9 Å². The second-order valence-corrected chi connectivity index (χ2v) is 5.20. The van der Waals surface area contributed by atoms with Gasteiger partial charge < -0.3 is 5.11 Å². The van der Waals surface area contributed by atoms with Gasteiger partial charge in [0.05, 0.1) is 11.1 Å². The molecule has 0 atom stereocenters. The Labute approximate surface area is 142 Å². The van der Waals surface area contributed by atoms with Crippen LogP contribution in [0, 0.1) is 10.1 Å². The maximum absolute atomic E-state index is 12.1. The molecular formula is C18H13N3O4. The van der Waals surface area contributed by atoms with E-state index in [9.17, 15) is 20.0 Å². The molecule has 3 aromatic carbocycles.